The van der Waals surface area contributed by atoms with Crippen LogP contribution in [0.25, 0.3) is 16.7 Å². The van der Waals surface area contributed by atoms with Crippen LogP contribution in [0, 0.1) is 0 Å². The zero-order chi connectivity index (χ0) is 24.2. The van der Waals surface area contributed by atoms with Gasteiger partial charge in [-0.3, -0.25) is 0 Å². The van der Waals surface area contributed by atoms with Crippen LogP contribution in [0.1, 0.15) is 59.9 Å². The molecule has 0 fully saturated rings. The molecule has 0 radical (unpaired) electrons. The van der Waals surface area contributed by atoms with Crippen molar-refractivity contribution in [3.63, 3.8) is 0 Å². The quantitative estimate of drug-likeness (QED) is 0.256. The van der Waals surface area contributed by atoms with Gasteiger partial charge < -0.3 is 4.90 Å². The molecule has 0 amide bonds. The first-order valence-corrected chi connectivity index (χ1v) is 13.3. The second-order valence-electron chi connectivity index (χ2n) is 10.5. The molecule has 0 aromatic heterocycles. The van der Waals surface area contributed by atoms with Gasteiger partial charge in [0.05, 0.1) is 6.04 Å². The van der Waals surface area contributed by atoms with Crippen molar-refractivity contribution >= 4 is 16.9 Å². The summed E-state index contributed by atoms with van der Waals surface area (Å²) in [6, 6.07) is 34.3. The van der Waals surface area contributed by atoms with Crippen LogP contribution in [0.15, 0.2) is 109 Å². The molecule has 1 aliphatic heterocycles. The molecular formula is C35H31N. The Balaban J connectivity index is 1.28. The Morgan fingerprint density at radius 3 is 2.42 bits per heavy atom. The SMILES string of the molecule is CCC(C)c1ccc2c(c1)-c1cc(C3=CC4c5ccccc5N(c5ccccc5)C4C=C3)ccc1C2. The average Bonchev–Trinajstić information content (AvgIpc) is 3.47. The maximum Gasteiger partial charge on any atom is 0.0630 e. The molecule has 3 unspecified atom stereocenters. The van der Waals surface area contributed by atoms with Gasteiger partial charge >= 0.3 is 0 Å². The maximum absolute atomic E-state index is 2.50. The van der Waals surface area contributed by atoms with Crippen molar-refractivity contribution < 1.29 is 0 Å². The van der Waals surface area contributed by atoms with Gasteiger partial charge in [-0.1, -0.05) is 98.8 Å². The normalized spacial score (nSPS) is 19.8. The fourth-order valence-corrected chi connectivity index (χ4v) is 6.34. The van der Waals surface area contributed by atoms with Gasteiger partial charge in [-0.2, -0.15) is 0 Å². The second kappa shape index (κ2) is 8.38. The van der Waals surface area contributed by atoms with E-state index < -0.39 is 0 Å². The van der Waals surface area contributed by atoms with Crippen LogP contribution >= 0.6 is 0 Å². The van der Waals surface area contributed by atoms with E-state index in [0.29, 0.717) is 17.9 Å². The van der Waals surface area contributed by atoms with E-state index in [1.165, 1.54) is 62.3 Å². The van der Waals surface area contributed by atoms with E-state index in [1.54, 1.807) is 0 Å². The van der Waals surface area contributed by atoms with Crippen molar-refractivity contribution in [2.75, 3.05) is 4.90 Å². The third-order valence-electron chi connectivity index (χ3n) is 8.52. The Bertz CT molecular complexity index is 1520. The number of rotatable bonds is 4. The highest BCUT2D eigenvalue weighted by Crippen LogP contribution is 2.49. The van der Waals surface area contributed by atoms with Crippen molar-refractivity contribution in [1.29, 1.82) is 0 Å². The molecule has 1 nitrogen and oxygen atoms in total. The van der Waals surface area contributed by atoms with Gasteiger partial charge in [0, 0.05) is 17.3 Å². The molecule has 2 aliphatic carbocycles. The lowest BCUT2D eigenvalue weighted by atomic mass is 9.85. The summed E-state index contributed by atoms with van der Waals surface area (Å²) in [5.41, 5.74) is 13.9. The highest BCUT2D eigenvalue weighted by atomic mass is 15.2. The van der Waals surface area contributed by atoms with E-state index >= 15 is 0 Å². The fourth-order valence-electron chi connectivity index (χ4n) is 6.34. The lowest BCUT2D eigenvalue weighted by molar-refractivity contribution is 0.733. The summed E-state index contributed by atoms with van der Waals surface area (Å²) < 4.78 is 0. The molecule has 0 spiro atoms. The predicted octanol–water partition coefficient (Wildman–Crippen LogP) is 9.03. The van der Waals surface area contributed by atoms with E-state index in [1.807, 2.05) is 0 Å². The minimum atomic E-state index is 0.307. The first-order valence-electron chi connectivity index (χ1n) is 13.3. The molecule has 1 heteroatoms. The molecule has 176 valence electrons. The van der Waals surface area contributed by atoms with E-state index in [-0.39, 0.29) is 0 Å². The van der Waals surface area contributed by atoms with Crippen LogP contribution in [0.2, 0.25) is 0 Å². The summed E-state index contributed by atoms with van der Waals surface area (Å²) in [7, 11) is 0. The molecule has 4 aromatic rings. The van der Waals surface area contributed by atoms with E-state index in [9.17, 15) is 0 Å². The molecule has 3 aliphatic rings. The predicted molar refractivity (Wildman–Crippen MR) is 152 cm³/mol. The van der Waals surface area contributed by atoms with Crippen LogP contribution < -0.4 is 4.90 Å². The van der Waals surface area contributed by atoms with Crippen molar-refractivity contribution in [2.45, 2.75) is 44.6 Å². The van der Waals surface area contributed by atoms with Crippen LogP contribution in [0.3, 0.4) is 0 Å². The van der Waals surface area contributed by atoms with Crippen molar-refractivity contribution in [2.24, 2.45) is 0 Å². The largest absolute Gasteiger partial charge is 0.333 e. The summed E-state index contributed by atoms with van der Waals surface area (Å²) in [5.74, 6) is 0.942. The Morgan fingerprint density at radius 1 is 0.833 bits per heavy atom. The molecule has 0 saturated carbocycles. The number of fused-ring (bicyclic) bond motifs is 6. The van der Waals surface area contributed by atoms with Gasteiger partial charge in [-0.25, -0.2) is 0 Å². The zero-order valence-corrected chi connectivity index (χ0v) is 21.0. The summed E-state index contributed by atoms with van der Waals surface area (Å²) in [6.07, 6.45) is 9.48. The first-order chi connectivity index (χ1) is 17.7. The first kappa shape index (κ1) is 21.4. The Hall–Kier alpha value is -3.84. The molecule has 3 atom stereocenters. The molecule has 0 N–H and O–H groups in total. The third kappa shape index (κ3) is 3.30. The zero-order valence-electron chi connectivity index (χ0n) is 21.0. The maximum atomic E-state index is 2.50. The number of anilines is 2. The number of para-hydroxylation sites is 2. The molecule has 0 saturated heterocycles. The summed E-state index contributed by atoms with van der Waals surface area (Å²) in [5, 5.41) is 0. The van der Waals surface area contributed by atoms with E-state index in [2.05, 4.69) is 128 Å². The Morgan fingerprint density at radius 2 is 1.58 bits per heavy atom. The molecule has 7 rings (SSSR count). The lowest BCUT2D eigenvalue weighted by Crippen LogP contribution is -2.28. The molecular weight excluding hydrogens is 434 g/mol. The number of benzene rings is 4. The van der Waals surface area contributed by atoms with Gasteiger partial charge in [-0.15, -0.1) is 0 Å². The number of hydrogen-bond donors (Lipinski definition) is 0. The van der Waals surface area contributed by atoms with Crippen molar-refractivity contribution in [3.8, 4) is 11.1 Å². The average molecular weight is 466 g/mol. The van der Waals surface area contributed by atoms with Gasteiger partial charge in [-0.05, 0) is 87.5 Å². The minimum absolute atomic E-state index is 0.307. The van der Waals surface area contributed by atoms with E-state index in [0.717, 1.165) is 6.42 Å². The molecule has 4 aromatic carbocycles. The smallest absolute Gasteiger partial charge is 0.0630 e. The Kier molecular flexibility index (Phi) is 4.99. The van der Waals surface area contributed by atoms with Crippen molar-refractivity contribution in [3.05, 3.63) is 137 Å². The number of nitrogens with zero attached hydrogens (tertiary/aromatic N) is 1. The third-order valence-corrected chi connectivity index (χ3v) is 8.52. The van der Waals surface area contributed by atoms with Gasteiger partial charge in [0.25, 0.3) is 0 Å². The molecule has 1 heterocycles. The minimum Gasteiger partial charge on any atom is -0.333 e. The van der Waals surface area contributed by atoms with Crippen LogP contribution in [0.5, 0.6) is 0 Å². The lowest BCUT2D eigenvalue weighted by Gasteiger charge is -2.29. The summed E-state index contributed by atoms with van der Waals surface area (Å²) in [6.45, 7) is 4.61. The summed E-state index contributed by atoms with van der Waals surface area (Å²) in [4.78, 5) is 2.50. The van der Waals surface area contributed by atoms with Crippen molar-refractivity contribution in [1.82, 2.24) is 0 Å². The molecule has 0 bridgehead atoms. The van der Waals surface area contributed by atoms with Crippen LogP contribution in [-0.2, 0) is 6.42 Å². The Labute approximate surface area is 214 Å². The van der Waals surface area contributed by atoms with Gasteiger partial charge in [0.15, 0.2) is 0 Å². The summed E-state index contributed by atoms with van der Waals surface area (Å²) >= 11 is 0. The molecule has 36 heavy (non-hydrogen) atoms. The van der Waals surface area contributed by atoms with Gasteiger partial charge in [0.2, 0.25) is 0 Å². The van der Waals surface area contributed by atoms with Crippen LogP contribution in [-0.4, -0.2) is 6.04 Å². The highest BCUT2D eigenvalue weighted by molar-refractivity contribution is 5.86. The number of allylic oxidation sites excluding steroid dienone is 2. The highest BCUT2D eigenvalue weighted by Gasteiger charge is 2.38. The standard InChI is InChI=1S/C35H31N/c1-3-23(2)24-13-15-27-19-28-16-14-25(21-32(28)31(27)20-24)26-17-18-35-33(22-26)30-11-7-8-12-34(30)36(35)29-9-5-4-6-10-29/h4-18,20-23,33,35H,3,19H2,1-2H3. The topological polar surface area (TPSA) is 3.24 Å². The second-order valence-corrected chi connectivity index (χ2v) is 10.5. The van der Waals surface area contributed by atoms with E-state index in [4.69, 9.17) is 0 Å². The fraction of sp³-hybridized carbons (Fsp3) is 0.200. The monoisotopic (exact) mass is 465 g/mol. The number of hydrogen-bond acceptors (Lipinski definition) is 1. The van der Waals surface area contributed by atoms with Gasteiger partial charge in [0.1, 0.15) is 0 Å². The van der Waals surface area contributed by atoms with Crippen LogP contribution in [0.4, 0.5) is 11.4 Å².